The molecular formula is C13H18BrClF2N2O. The summed E-state index contributed by atoms with van der Waals surface area (Å²) in [4.78, 5) is 12.0. The third-order valence-corrected chi connectivity index (χ3v) is 3.47. The van der Waals surface area contributed by atoms with Gasteiger partial charge in [0.05, 0.1) is 18.5 Å². The lowest BCUT2D eigenvalue weighted by Crippen LogP contribution is -2.47. The van der Waals surface area contributed by atoms with E-state index >= 15 is 0 Å². The van der Waals surface area contributed by atoms with Crippen LogP contribution < -0.4 is 11.1 Å². The Morgan fingerprint density at radius 2 is 1.80 bits per heavy atom. The average molecular weight is 372 g/mol. The standard InChI is InChI=1S/C13H17BrF2N2O.ClH/c1-12(2,9-3-5-10(14)6-4-9)11(19)18-8-13(15,16)7-17;/h3-6H,7-8,17H2,1-2H3,(H,18,19);1H. The first-order valence-electron chi connectivity index (χ1n) is 5.81. The number of alkyl halides is 2. The predicted molar refractivity (Wildman–Crippen MR) is 81.4 cm³/mol. The van der Waals surface area contributed by atoms with Crippen LogP contribution in [-0.4, -0.2) is 24.9 Å². The van der Waals surface area contributed by atoms with Gasteiger partial charge < -0.3 is 11.1 Å². The first kappa shape index (κ1) is 19.3. The summed E-state index contributed by atoms with van der Waals surface area (Å²) in [6.07, 6.45) is 0. The van der Waals surface area contributed by atoms with Crippen LogP contribution in [0, 0.1) is 0 Å². The second-order valence-electron chi connectivity index (χ2n) is 4.87. The maximum Gasteiger partial charge on any atom is 0.277 e. The fourth-order valence-corrected chi connectivity index (χ4v) is 1.76. The van der Waals surface area contributed by atoms with Crippen molar-refractivity contribution in [2.24, 2.45) is 5.73 Å². The summed E-state index contributed by atoms with van der Waals surface area (Å²) in [6, 6.07) is 7.17. The van der Waals surface area contributed by atoms with Crippen LogP contribution in [0.15, 0.2) is 28.7 Å². The van der Waals surface area contributed by atoms with Crippen LogP contribution in [0.2, 0.25) is 0 Å². The van der Waals surface area contributed by atoms with Gasteiger partial charge in [0.25, 0.3) is 5.92 Å². The monoisotopic (exact) mass is 370 g/mol. The van der Waals surface area contributed by atoms with Gasteiger partial charge in [-0.25, -0.2) is 8.78 Å². The Hall–Kier alpha value is -0.720. The van der Waals surface area contributed by atoms with Crippen molar-refractivity contribution in [2.75, 3.05) is 13.1 Å². The van der Waals surface area contributed by atoms with Crippen LogP contribution in [0.5, 0.6) is 0 Å². The number of benzene rings is 1. The summed E-state index contributed by atoms with van der Waals surface area (Å²) in [5.74, 6) is -3.53. The lowest BCUT2D eigenvalue weighted by Gasteiger charge is -2.25. The molecule has 3 nitrogen and oxygen atoms in total. The molecule has 20 heavy (non-hydrogen) atoms. The van der Waals surface area contributed by atoms with Gasteiger partial charge in [0.15, 0.2) is 0 Å². The molecule has 3 N–H and O–H groups in total. The van der Waals surface area contributed by atoms with Crippen molar-refractivity contribution in [3.63, 3.8) is 0 Å². The van der Waals surface area contributed by atoms with E-state index in [4.69, 9.17) is 5.73 Å². The summed E-state index contributed by atoms with van der Waals surface area (Å²) in [6.45, 7) is 1.84. The van der Waals surface area contributed by atoms with E-state index in [1.807, 2.05) is 0 Å². The van der Waals surface area contributed by atoms with Crippen molar-refractivity contribution in [1.29, 1.82) is 0 Å². The van der Waals surface area contributed by atoms with E-state index in [9.17, 15) is 13.6 Å². The molecule has 1 amide bonds. The Morgan fingerprint density at radius 1 is 1.30 bits per heavy atom. The molecule has 0 radical (unpaired) electrons. The number of hydrogen-bond donors (Lipinski definition) is 2. The molecule has 0 aliphatic rings. The number of hydrogen-bond acceptors (Lipinski definition) is 2. The van der Waals surface area contributed by atoms with Gasteiger partial charge in [0.1, 0.15) is 0 Å². The van der Waals surface area contributed by atoms with E-state index in [0.717, 1.165) is 10.0 Å². The molecule has 7 heteroatoms. The minimum absolute atomic E-state index is 0. The second-order valence-corrected chi connectivity index (χ2v) is 5.79. The van der Waals surface area contributed by atoms with E-state index in [2.05, 4.69) is 21.2 Å². The van der Waals surface area contributed by atoms with Crippen molar-refractivity contribution in [3.8, 4) is 0 Å². The van der Waals surface area contributed by atoms with Crippen LogP contribution in [0.4, 0.5) is 8.78 Å². The molecule has 0 bridgehead atoms. The van der Waals surface area contributed by atoms with E-state index < -0.39 is 30.3 Å². The highest BCUT2D eigenvalue weighted by Crippen LogP contribution is 2.25. The quantitative estimate of drug-likeness (QED) is 0.836. The highest BCUT2D eigenvalue weighted by molar-refractivity contribution is 9.10. The highest BCUT2D eigenvalue weighted by atomic mass is 79.9. The van der Waals surface area contributed by atoms with Crippen LogP contribution in [-0.2, 0) is 10.2 Å². The Balaban J connectivity index is 0.00000361. The first-order chi connectivity index (χ1) is 8.69. The smallest absolute Gasteiger partial charge is 0.277 e. The highest BCUT2D eigenvalue weighted by Gasteiger charge is 2.33. The molecule has 0 aliphatic carbocycles. The van der Waals surface area contributed by atoms with Gasteiger partial charge in [0.2, 0.25) is 5.91 Å². The molecular weight excluding hydrogens is 354 g/mol. The van der Waals surface area contributed by atoms with Gasteiger partial charge in [-0.2, -0.15) is 0 Å². The number of nitrogens with one attached hydrogen (secondary N) is 1. The third-order valence-electron chi connectivity index (χ3n) is 2.94. The van der Waals surface area contributed by atoms with Gasteiger partial charge in [-0.1, -0.05) is 28.1 Å². The molecule has 0 saturated carbocycles. The summed E-state index contributed by atoms with van der Waals surface area (Å²) in [5.41, 5.74) is 4.79. The predicted octanol–water partition coefficient (Wildman–Crippen LogP) is 2.86. The molecule has 0 fully saturated rings. The van der Waals surface area contributed by atoms with E-state index in [-0.39, 0.29) is 12.4 Å². The fraction of sp³-hybridized carbons (Fsp3) is 0.462. The molecule has 0 aliphatic heterocycles. The minimum Gasteiger partial charge on any atom is -0.349 e. The summed E-state index contributed by atoms with van der Waals surface area (Å²) in [7, 11) is 0. The van der Waals surface area contributed by atoms with Crippen LogP contribution >= 0.6 is 28.3 Å². The zero-order chi connectivity index (χ0) is 14.7. The Labute approximate surface area is 131 Å². The lowest BCUT2D eigenvalue weighted by atomic mass is 9.84. The van der Waals surface area contributed by atoms with Crippen molar-refractivity contribution < 1.29 is 13.6 Å². The van der Waals surface area contributed by atoms with Crippen LogP contribution in [0.3, 0.4) is 0 Å². The Kier molecular flexibility index (Phi) is 7.07. The van der Waals surface area contributed by atoms with Crippen molar-refractivity contribution in [1.82, 2.24) is 5.32 Å². The van der Waals surface area contributed by atoms with E-state index in [0.29, 0.717) is 0 Å². The zero-order valence-electron chi connectivity index (χ0n) is 11.3. The molecule has 0 unspecified atom stereocenters. The van der Waals surface area contributed by atoms with E-state index in [1.165, 1.54) is 0 Å². The summed E-state index contributed by atoms with van der Waals surface area (Å²) < 4.78 is 26.9. The van der Waals surface area contributed by atoms with Crippen molar-refractivity contribution in [2.45, 2.75) is 25.2 Å². The Morgan fingerprint density at radius 3 is 2.25 bits per heavy atom. The number of halogens is 4. The molecule has 1 rings (SSSR count). The zero-order valence-corrected chi connectivity index (χ0v) is 13.7. The van der Waals surface area contributed by atoms with Gasteiger partial charge in [0, 0.05) is 4.47 Å². The summed E-state index contributed by atoms with van der Waals surface area (Å²) in [5, 5.41) is 2.25. The Bertz CT molecular complexity index is 452. The normalized spacial score (nSPS) is 11.7. The maximum atomic E-state index is 13.0. The first-order valence-corrected chi connectivity index (χ1v) is 6.60. The molecule has 1 aromatic rings. The number of rotatable bonds is 5. The van der Waals surface area contributed by atoms with Crippen LogP contribution in [0.25, 0.3) is 0 Å². The van der Waals surface area contributed by atoms with Gasteiger partial charge in [-0.05, 0) is 31.5 Å². The minimum atomic E-state index is -3.08. The van der Waals surface area contributed by atoms with E-state index in [1.54, 1.807) is 38.1 Å². The molecule has 1 aromatic carbocycles. The SMILES string of the molecule is CC(C)(C(=O)NCC(F)(F)CN)c1ccc(Br)cc1.Cl. The molecule has 0 atom stereocenters. The topological polar surface area (TPSA) is 55.1 Å². The van der Waals surface area contributed by atoms with Crippen LogP contribution in [0.1, 0.15) is 19.4 Å². The molecule has 0 heterocycles. The molecule has 114 valence electrons. The second kappa shape index (κ2) is 7.33. The van der Waals surface area contributed by atoms with Crippen molar-refractivity contribution >= 4 is 34.2 Å². The van der Waals surface area contributed by atoms with Gasteiger partial charge in [-0.15, -0.1) is 12.4 Å². The number of carbonyl (C=O) groups excluding carboxylic acids is 1. The van der Waals surface area contributed by atoms with Gasteiger partial charge >= 0.3 is 0 Å². The molecule has 0 saturated heterocycles. The van der Waals surface area contributed by atoms with Crippen molar-refractivity contribution in [3.05, 3.63) is 34.3 Å². The average Bonchev–Trinajstić information content (AvgIpc) is 2.36. The number of amides is 1. The largest absolute Gasteiger partial charge is 0.349 e. The summed E-state index contributed by atoms with van der Waals surface area (Å²) >= 11 is 3.30. The lowest BCUT2D eigenvalue weighted by molar-refractivity contribution is -0.127. The van der Waals surface area contributed by atoms with Gasteiger partial charge in [-0.3, -0.25) is 4.79 Å². The number of nitrogens with two attached hydrogens (primary N) is 1. The maximum absolute atomic E-state index is 13.0. The number of carbonyl (C=O) groups is 1. The fourth-order valence-electron chi connectivity index (χ4n) is 1.50. The third kappa shape index (κ3) is 5.00. The molecule has 0 aromatic heterocycles. The molecule has 0 spiro atoms.